The summed E-state index contributed by atoms with van der Waals surface area (Å²) in [5.74, 6) is 0.0118. The van der Waals surface area contributed by atoms with Gasteiger partial charge in [-0.25, -0.2) is 8.42 Å². The molecule has 0 fully saturated rings. The Morgan fingerprint density at radius 2 is 1.62 bits per heavy atom. The fourth-order valence-electron chi connectivity index (χ4n) is 3.21. The number of hydrogen-bond acceptors (Lipinski definition) is 3. The van der Waals surface area contributed by atoms with Crippen molar-refractivity contribution in [3.05, 3.63) is 99.5 Å². The summed E-state index contributed by atoms with van der Waals surface area (Å²) in [5.41, 5.74) is 2.81. The predicted octanol–water partition coefficient (Wildman–Crippen LogP) is 5.49. The average Bonchev–Trinajstić information content (AvgIpc) is 2.78. The Hall–Kier alpha value is -2.54. The highest BCUT2D eigenvalue weighted by Crippen LogP contribution is 2.29. The molecule has 0 bridgehead atoms. The topological polar surface area (TPSA) is 66.5 Å². The normalized spacial score (nSPS) is 12.2. The van der Waals surface area contributed by atoms with E-state index in [1.807, 2.05) is 30.3 Å². The summed E-state index contributed by atoms with van der Waals surface area (Å²) in [5, 5.41) is 3.57. The second kappa shape index (κ2) is 10.4. The predicted molar refractivity (Wildman–Crippen MR) is 131 cm³/mol. The number of hydrogen-bond donors (Lipinski definition) is 1. The lowest BCUT2D eigenvalue weighted by atomic mass is 10.0. The van der Waals surface area contributed by atoms with Crippen molar-refractivity contribution in [1.82, 2.24) is 5.32 Å². The van der Waals surface area contributed by atoms with E-state index in [2.05, 4.69) is 12.2 Å². The van der Waals surface area contributed by atoms with Crippen molar-refractivity contribution in [3.63, 3.8) is 0 Å². The molecule has 32 heavy (non-hydrogen) atoms. The van der Waals surface area contributed by atoms with Gasteiger partial charge in [0.1, 0.15) is 0 Å². The largest absolute Gasteiger partial charge is 0.351 e. The molecule has 0 heterocycles. The van der Waals surface area contributed by atoms with Gasteiger partial charge < -0.3 is 5.32 Å². The molecule has 0 spiro atoms. The van der Waals surface area contributed by atoms with Crippen LogP contribution >= 0.6 is 23.2 Å². The van der Waals surface area contributed by atoms with Gasteiger partial charge in [-0.3, -0.25) is 9.10 Å². The molecule has 5 nitrogen and oxygen atoms in total. The van der Waals surface area contributed by atoms with Gasteiger partial charge in [-0.05, 0) is 47.4 Å². The molecule has 1 amide bonds. The zero-order chi connectivity index (χ0) is 23.3. The highest BCUT2D eigenvalue weighted by molar-refractivity contribution is 7.92. The Bertz CT molecular complexity index is 1180. The Morgan fingerprint density at radius 1 is 0.969 bits per heavy atom. The summed E-state index contributed by atoms with van der Waals surface area (Å²) in [7, 11) is -3.56. The molecule has 3 rings (SSSR count). The van der Waals surface area contributed by atoms with Crippen LogP contribution in [0.3, 0.4) is 0 Å². The first-order chi connectivity index (χ1) is 15.1. The third-order valence-corrected chi connectivity index (χ3v) is 6.95. The molecule has 0 radical (unpaired) electrons. The molecule has 0 aliphatic heterocycles. The van der Waals surface area contributed by atoms with Gasteiger partial charge in [-0.2, -0.15) is 0 Å². The lowest BCUT2D eigenvalue weighted by Gasteiger charge is -2.23. The van der Waals surface area contributed by atoms with Gasteiger partial charge in [0.15, 0.2) is 0 Å². The number of amides is 1. The van der Waals surface area contributed by atoms with Gasteiger partial charge in [0.05, 0.1) is 28.5 Å². The van der Waals surface area contributed by atoms with E-state index in [1.54, 1.807) is 36.4 Å². The summed E-state index contributed by atoms with van der Waals surface area (Å²) in [6.45, 7) is 2.68. The van der Waals surface area contributed by atoms with E-state index in [4.69, 9.17) is 23.2 Å². The number of nitrogens with one attached hydrogen (secondary N) is 1. The first-order valence-corrected chi connectivity index (χ1v) is 12.6. The number of carbonyl (C=O) groups excluding carboxylic acids is 1. The fourth-order valence-corrected chi connectivity index (χ4v) is 4.39. The Kier molecular flexibility index (Phi) is 7.82. The second-order valence-electron chi connectivity index (χ2n) is 7.59. The number of anilines is 1. The van der Waals surface area contributed by atoms with Crippen LogP contribution in [-0.4, -0.2) is 27.1 Å². The van der Waals surface area contributed by atoms with E-state index in [0.717, 1.165) is 17.4 Å². The van der Waals surface area contributed by atoms with E-state index in [1.165, 1.54) is 10.4 Å². The Balaban J connectivity index is 1.68. The summed E-state index contributed by atoms with van der Waals surface area (Å²) in [6, 6.07) is 21.5. The van der Waals surface area contributed by atoms with E-state index in [0.29, 0.717) is 22.8 Å². The lowest BCUT2D eigenvalue weighted by molar-refractivity contribution is 0.0951. The van der Waals surface area contributed by atoms with Gasteiger partial charge in [0.2, 0.25) is 10.0 Å². The third-order valence-electron chi connectivity index (χ3n) is 5.07. The molecule has 168 valence electrons. The van der Waals surface area contributed by atoms with Gasteiger partial charge >= 0.3 is 0 Å². The average molecular weight is 491 g/mol. The number of carbonyl (C=O) groups is 1. The SMILES string of the molecule is C[C@@H](CNC(=O)c1ccc(CN(c2ccc(Cl)c(Cl)c2)S(C)(=O)=O)cc1)c1ccccc1. The molecule has 1 N–H and O–H groups in total. The molecule has 3 aromatic carbocycles. The summed E-state index contributed by atoms with van der Waals surface area (Å²) in [6.07, 6.45) is 1.13. The molecular weight excluding hydrogens is 467 g/mol. The zero-order valence-electron chi connectivity index (χ0n) is 17.8. The number of sulfonamides is 1. The Labute approximate surface area is 199 Å². The van der Waals surface area contributed by atoms with Crippen LogP contribution in [0.5, 0.6) is 0 Å². The molecule has 8 heteroatoms. The molecule has 1 atom stereocenters. The van der Waals surface area contributed by atoms with Gasteiger partial charge in [-0.1, -0.05) is 72.6 Å². The number of benzene rings is 3. The molecule has 0 unspecified atom stereocenters. The molecule has 0 saturated heterocycles. The minimum Gasteiger partial charge on any atom is -0.351 e. The fraction of sp³-hybridized carbons (Fsp3) is 0.208. The monoisotopic (exact) mass is 490 g/mol. The number of nitrogens with zero attached hydrogens (tertiary/aromatic N) is 1. The molecular formula is C24H24Cl2N2O3S. The maximum atomic E-state index is 12.5. The summed E-state index contributed by atoms with van der Waals surface area (Å²) >= 11 is 12.0. The van der Waals surface area contributed by atoms with Crippen molar-refractivity contribution in [2.75, 3.05) is 17.1 Å². The van der Waals surface area contributed by atoms with Crippen LogP contribution < -0.4 is 9.62 Å². The van der Waals surface area contributed by atoms with Crippen LogP contribution in [0.25, 0.3) is 0 Å². The van der Waals surface area contributed by atoms with E-state index in [-0.39, 0.29) is 23.4 Å². The summed E-state index contributed by atoms with van der Waals surface area (Å²) < 4.78 is 26.0. The van der Waals surface area contributed by atoms with Crippen molar-refractivity contribution in [1.29, 1.82) is 0 Å². The minimum atomic E-state index is -3.56. The number of halogens is 2. The highest BCUT2D eigenvalue weighted by atomic mass is 35.5. The standard InChI is InChI=1S/C24H24Cl2N2O3S/c1-17(19-6-4-3-5-7-19)15-27-24(29)20-10-8-18(9-11-20)16-28(32(2,30)31)21-12-13-22(25)23(26)14-21/h3-14,17H,15-16H2,1-2H3,(H,27,29)/t17-/m0/s1. The van der Waals surface area contributed by atoms with Crippen LogP contribution in [-0.2, 0) is 16.6 Å². The van der Waals surface area contributed by atoms with Crippen LogP contribution in [0.4, 0.5) is 5.69 Å². The third kappa shape index (κ3) is 6.25. The minimum absolute atomic E-state index is 0.101. The smallest absolute Gasteiger partial charge is 0.251 e. The van der Waals surface area contributed by atoms with Crippen molar-refractivity contribution < 1.29 is 13.2 Å². The van der Waals surface area contributed by atoms with Crippen molar-refractivity contribution in [3.8, 4) is 0 Å². The van der Waals surface area contributed by atoms with Crippen LogP contribution in [0.15, 0.2) is 72.8 Å². The van der Waals surface area contributed by atoms with Gasteiger partial charge in [-0.15, -0.1) is 0 Å². The molecule has 0 aromatic heterocycles. The second-order valence-corrected chi connectivity index (χ2v) is 10.3. The first-order valence-electron chi connectivity index (χ1n) is 10.00. The molecule has 0 saturated carbocycles. The maximum absolute atomic E-state index is 12.5. The van der Waals surface area contributed by atoms with E-state index in [9.17, 15) is 13.2 Å². The van der Waals surface area contributed by atoms with Crippen molar-refractivity contribution >= 4 is 44.8 Å². The van der Waals surface area contributed by atoms with Gasteiger partial charge in [0, 0.05) is 12.1 Å². The van der Waals surface area contributed by atoms with E-state index < -0.39 is 10.0 Å². The number of rotatable bonds is 8. The van der Waals surface area contributed by atoms with Crippen LogP contribution in [0.2, 0.25) is 10.0 Å². The van der Waals surface area contributed by atoms with Crippen LogP contribution in [0.1, 0.15) is 34.3 Å². The molecule has 0 aliphatic carbocycles. The van der Waals surface area contributed by atoms with Crippen molar-refractivity contribution in [2.45, 2.75) is 19.4 Å². The quantitative estimate of drug-likeness (QED) is 0.453. The molecule has 3 aromatic rings. The van der Waals surface area contributed by atoms with E-state index >= 15 is 0 Å². The molecule has 0 aliphatic rings. The van der Waals surface area contributed by atoms with Crippen molar-refractivity contribution in [2.24, 2.45) is 0 Å². The zero-order valence-corrected chi connectivity index (χ0v) is 20.1. The first kappa shape index (κ1) is 24.1. The lowest BCUT2D eigenvalue weighted by Crippen LogP contribution is -2.29. The highest BCUT2D eigenvalue weighted by Gasteiger charge is 2.19. The maximum Gasteiger partial charge on any atom is 0.251 e. The van der Waals surface area contributed by atoms with Crippen LogP contribution in [0, 0.1) is 0 Å². The van der Waals surface area contributed by atoms with Gasteiger partial charge in [0.25, 0.3) is 5.91 Å². The Morgan fingerprint density at radius 3 is 2.22 bits per heavy atom. The summed E-state index contributed by atoms with van der Waals surface area (Å²) in [4.78, 5) is 12.5.